The number of aliphatic hydroxyl groups excluding tert-OH is 1. The quantitative estimate of drug-likeness (QED) is 0.734. The largest absolute Gasteiger partial charge is 0.477 e. The molecule has 8 heteroatoms. The second-order valence-electron chi connectivity index (χ2n) is 6.98. The first-order valence-corrected chi connectivity index (χ1v) is 8.89. The van der Waals surface area contributed by atoms with Crippen molar-refractivity contribution in [3.63, 3.8) is 0 Å². The summed E-state index contributed by atoms with van der Waals surface area (Å²) in [7, 11) is 0. The van der Waals surface area contributed by atoms with E-state index in [1.807, 2.05) is 30.3 Å². The predicted molar refractivity (Wildman–Crippen MR) is 95.1 cm³/mol. The van der Waals surface area contributed by atoms with Gasteiger partial charge in [0.15, 0.2) is 0 Å². The van der Waals surface area contributed by atoms with Gasteiger partial charge in [0.2, 0.25) is 5.91 Å². The van der Waals surface area contributed by atoms with Crippen LogP contribution in [0, 0.1) is 5.92 Å². The van der Waals surface area contributed by atoms with E-state index in [-0.39, 0.29) is 17.6 Å². The fraction of sp³-hybridized carbons (Fsp3) is 0.368. The third kappa shape index (κ3) is 2.91. The van der Waals surface area contributed by atoms with Crippen molar-refractivity contribution in [3.05, 3.63) is 53.5 Å². The number of carboxylic acid groups (broad SMARTS) is 1. The Balaban J connectivity index is 1.55. The monoisotopic (exact) mass is 368 g/mol. The van der Waals surface area contributed by atoms with Gasteiger partial charge < -0.3 is 15.1 Å². The van der Waals surface area contributed by atoms with Crippen molar-refractivity contribution in [2.24, 2.45) is 5.92 Å². The van der Waals surface area contributed by atoms with Crippen molar-refractivity contribution in [1.82, 2.24) is 19.9 Å². The highest BCUT2D eigenvalue weighted by Gasteiger charge is 2.57. The molecule has 0 saturated carbocycles. The number of amides is 1. The van der Waals surface area contributed by atoms with Crippen LogP contribution in [-0.2, 0) is 22.6 Å². The minimum absolute atomic E-state index is 0.0444. The van der Waals surface area contributed by atoms with Crippen LogP contribution < -0.4 is 0 Å². The Kier molecular flexibility index (Phi) is 4.27. The molecule has 0 bridgehead atoms. The van der Waals surface area contributed by atoms with Gasteiger partial charge >= 0.3 is 5.97 Å². The zero-order valence-electron chi connectivity index (χ0n) is 14.8. The SMILES string of the molecule is C[C@@H](O)[C@H]1C(=O)N2C(C(=O)O)=C(c3cn(CCc4ccccc4)nn3)C[C@H]12. The van der Waals surface area contributed by atoms with Crippen molar-refractivity contribution in [1.29, 1.82) is 0 Å². The number of aliphatic hydroxyl groups is 1. The average Bonchev–Trinajstić information content (AvgIpc) is 3.23. The summed E-state index contributed by atoms with van der Waals surface area (Å²) >= 11 is 0. The van der Waals surface area contributed by atoms with E-state index < -0.39 is 18.0 Å². The molecule has 3 heterocycles. The molecular weight excluding hydrogens is 348 g/mol. The van der Waals surface area contributed by atoms with E-state index >= 15 is 0 Å². The van der Waals surface area contributed by atoms with Gasteiger partial charge in [0.25, 0.3) is 0 Å². The van der Waals surface area contributed by atoms with Crippen LogP contribution in [-0.4, -0.2) is 54.1 Å². The number of nitrogens with zero attached hydrogens (tertiary/aromatic N) is 4. The second kappa shape index (κ2) is 6.62. The third-order valence-electron chi connectivity index (χ3n) is 5.25. The molecule has 8 nitrogen and oxygen atoms in total. The smallest absolute Gasteiger partial charge is 0.352 e. The fourth-order valence-corrected chi connectivity index (χ4v) is 3.93. The van der Waals surface area contributed by atoms with Crippen LogP contribution in [0.1, 0.15) is 24.6 Å². The summed E-state index contributed by atoms with van der Waals surface area (Å²) < 4.78 is 1.68. The minimum atomic E-state index is -1.16. The summed E-state index contributed by atoms with van der Waals surface area (Å²) in [5.74, 6) is -2.08. The van der Waals surface area contributed by atoms with Crippen molar-refractivity contribution in [2.45, 2.75) is 38.5 Å². The van der Waals surface area contributed by atoms with Gasteiger partial charge in [-0.3, -0.25) is 9.48 Å². The first-order valence-electron chi connectivity index (χ1n) is 8.89. The van der Waals surface area contributed by atoms with E-state index in [4.69, 9.17) is 0 Å². The summed E-state index contributed by atoms with van der Waals surface area (Å²) in [5, 5.41) is 27.6. The fourth-order valence-electron chi connectivity index (χ4n) is 3.93. The summed E-state index contributed by atoms with van der Waals surface area (Å²) in [6.07, 6.45) is 2.05. The Bertz CT molecular complexity index is 919. The van der Waals surface area contributed by atoms with E-state index in [0.29, 0.717) is 24.2 Å². The van der Waals surface area contributed by atoms with E-state index in [0.717, 1.165) is 6.42 Å². The van der Waals surface area contributed by atoms with Crippen molar-refractivity contribution >= 4 is 17.4 Å². The summed E-state index contributed by atoms with van der Waals surface area (Å²) in [6.45, 7) is 2.17. The molecule has 0 radical (unpaired) electrons. The lowest BCUT2D eigenvalue weighted by molar-refractivity contribution is -0.161. The number of hydrogen-bond donors (Lipinski definition) is 2. The maximum Gasteiger partial charge on any atom is 0.352 e. The standard InChI is InChI=1S/C19H20N4O4/c1-11(24)16-15-9-13(17(19(26)27)23(15)18(16)25)14-10-22(21-20-14)8-7-12-5-3-2-4-6-12/h2-6,10-11,15-16,24H,7-9H2,1H3,(H,26,27)/t11-,15-,16-/m1/s1. The number of rotatable bonds is 6. The average molecular weight is 368 g/mol. The van der Waals surface area contributed by atoms with Crippen LogP contribution in [0.25, 0.3) is 5.57 Å². The van der Waals surface area contributed by atoms with Crippen molar-refractivity contribution < 1.29 is 19.8 Å². The molecule has 1 aromatic carbocycles. The number of aliphatic carboxylic acids is 1. The van der Waals surface area contributed by atoms with E-state index in [1.54, 1.807) is 17.8 Å². The molecule has 1 saturated heterocycles. The lowest BCUT2D eigenvalue weighted by Gasteiger charge is -2.44. The van der Waals surface area contributed by atoms with Crippen molar-refractivity contribution in [3.8, 4) is 0 Å². The minimum Gasteiger partial charge on any atom is -0.477 e. The highest BCUT2D eigenvalue weighted by molar-refractivity contribution is 6.05. The molecule has 2 aliphatic rings. The number of fused-ring (bicyclic) bond motifs is 1. The number of carbonyl (C=O) groups excluding carboxylic acids is 1. The van der Waals surface area contributed by atoms with Crippen LogP contribution in [0.5, 0.6) is 0 Å². The second-order valence-corrected chi connectivity index (χ2v) is 6.98. The number of carboxylic acids is 1. The molecule has 2 aromatic rings. The van der Waals surface area contributed by atoms with Gasteiger partial charge in [0.1, 0.15) is 11.4 Å². The van der Waals surface area contributed by atoms with Crippen molar-refractivity contribution in [2.75, 3.05) is 0 Å². The van der Waals surface area contributed by atoms with Crippen LogP contribution >= 0.6 is 0 Å². The molecule has 4 rings (SSSR count). The zero-order valence-corrected chi connectivity index (χ0v) is 14.8. The summed E-state index contributed by atoms with van der Waals surface area (Å²) in [4.78, 5) is 25.3. The molecule has 27 heavy (non-hydrogen) atoms. The molecule has 1 aromatic heterocycles. The number of aromatic nitrogens is 3. The Morgan fingerprint density at radius 3 is 2.74 bits per heavy atom. The van der Waals surface area contributed by atoms with E-state index in [2.05, 4.69) is 10.3 Å². The Labute approximate surface area is 155 Å². The zero-order chi connectivity index (χ0) is 19.1. The molecular formula is C19H20N4O4. The molecule has 140 valence electrons. The number of aryl methyl sites for hydroxylation is 2. The van der Waals surface area contributed by atoms with E-state index in [9.17, 15) is 19.8 Å². The Morgan fingerprint density at radius 1 is 1.33 bits per heavy atom. The van der Waals surface area contributed by atoms with Crippen LogP contribution in [0.15, 0.2) is 42.2 Å². The van der Waals surface area contributed by atoms with Gasteiger partial charge in [-0.05, 0) is 25.3 Å². The lowest BCUT2D eigenvalue weighted by Crippen LogP contribution is -2.61. The lowest BCUT2D eigenvalue weighted by atomic mass is 9.83. The number of carbonyl (C=O) groups is 2. The Hall–Kier alpha value is -3.00. The molecule has 1 fully saturated rings. The number of hydrogen-bond acceptors (Lipinski definition) is 5. The first-order chi connectivity index (χ1) is 13.0. The highest BCUT2D eigenvalue weighted by Crippen LogP contribution is 2.46. The molecule has 2 N–H and O–H groups in total. The van der Waals surface area contributed by atoms with Crippen LogP contribution in [0.3, 0.4) is 0 Å². The van der Waals surface area contributed by atoms with Gasteiger partial charge in [-0.25, -0.2) is 4.79 Å². The topological polar surface area (TPSA) is 109 Å². The maximum absolute atomic E-state index is 12.3. The number of β-lactam (4-membered cyclic amide) rings is 1. The molecule has 2 aliphatic heterocycles. The van der Waals surface area contributed by atoms with Gasteiger partial charge in [-0.1, -0.05) is 35.5 Å². The van der Waals surface area contributed by atoms with Crippen LogP contribution in [0.2, 0.25) is 0 Å². The normalized spacial score (nSPS) is 22.6. The summed E-state index contributed by atoms with van der Waals surface area (Å²) in [5.41, 5.74) is 2.09. The first kappa shape index (κ1) is 17.4. The van der Waals surface area contributed by atoms with Gasteiger partial charge in [-0.2, -0.15) is 0 Å². The highest BCUT2D eigenvalue weighted by atomic mass is 16.4. The molecule has 3 atom stereocenters. The van der Waals surface area contributed by atoms with Crippen LogP contribution in [0.4, 0.5) is 0 Å². The molecule has 1 amide bonds. The predicted octanol–water partition coefficient (Wildman–Crippen LogP) is 0.928. The molecule has 0 spiro atoms. The number of benzene rings is 1. The van der Waals surface area contributed by atoms with Gasteiger partial charge in [0, 0.05) is 12.1 Å². The third-order valence-corrected chi connectivity index (χ3v) is 5.25. The molecule has 0 unspecified atom stereocenters. The molecule has 0 aliphatic carbocycles. The van der Waals surface area contributed by atoms with Gasteiger partial charge in [-0.15, -0.1) is 5.10 Å². The maximum atomic E-state index is 12.3. The van der Waals surface area contributed by atoms with E-state index in [1.165, 1.54) is 10.5 Å². The van der Waals surface area contributed by atoms with Gasteiger partial charge in [0.05, 0.1) is 24.3 Å². The Morgan fingerprint density at radius 2 is 2.07 bits per heavy atom. The summed E-state index contributed by atoms with van der Waals surface area (Å²) in [6, 6.07) is 9.66.